The maximum Gasteiger partial charge on any atom is 0.129 e. The maximum absolute atomic E-state index is 10.4. The average molecular weight is 274 g/mol. The standard InChI is InChI=1S/C17H22O3/c1-9-7-10(18)13-11(8-9)20-17(4)6-5-12-16(2,3)15(17)14(13)19-12/h7-8,12,14-15,18H,5-6H2,1-4H3. The van der Waals surface area contributed by atoms with Crippen LogP contribution in [0.1, 0.15) is 50.8 Å². The number of phenolic OH excluding ortho intramolecular Hbond substituents is 1. The Morgan fingerprint density at radius 2 is 2.00 bits per heavy atom. The van der Waals surface area contributed by atoms with E-state index in [0.29, 0.717) is 11.7 Å². The third-order valence-electron chi connectivity index (χ3n) is 5.70. The summed E-state index contributed by atoms with van der Waals surface area (Å²) in [6.07, 6.45) is 2.29. The van der Waals surface area contributed by atoms with Crippen LogP contribution in [0.4, 0.5) is 0 Å². The second-order valence-electron chi connectivity index (χ2n) is 7.49. The lowest BCUT2D eigenvalue weighted by molar-refractivity contribution is -0.0710. The van der Waals surface area contributed by atoms with Gasteiger partial charge in [0.05, 0.1) is 17.8 Å². The molecule has 4 atom stereocenters. The third-order valence-corrected chi connectivity index (χ3v) is 5.70. The number of phenols is 1. The molecule has 2 bridgehead atoms. The maximum atomic E-state index is 10.4. The van der Waals surface area contributed by atoms with E-state index in [0.717, 1.165) is 29.7 Å². The van der Waals surface area contributed by atoms with Gasteiger partial charge in [-0.1, -0.05) is 13.8 Å². The summed E-state index contributed by atoms with van der Waals surface area (Å²) >= 11 is 0. The molecule has 1 aromatic carbocycles. The minimum absolute atomic E-state index is 0.0353. The van der Waals surface area contributed by atoms with Crippen LogP contribution in [0.25, 0.3) is 0 Å². The van der Waals surface area contributed by atoms with Crippen molar-refractivity contribution in [2.45, 2.75) is 58.3 Å². The summed E-state index contributed by atoms with van der Waals surface area (Å²) in [5, 5.41) is 10.4. The highest BCUT2D eigenvalue weighted by Crippen LogP contribution is 2.65. The van der Waals surface area contributed by atoms with E-state index in [1.807, 2.05) is 19.1 Å². The molecule has 20 heavy (non-hydrogen) atoms. The highest BCUT2D eigenvalue weighted by molar-refractivity contribution is 5.51. The predicted octanol–water partition coefficient (Wildman–Crippen LogP) is 3.73. The Balaban J connectivity index is 1.95. The van der Waals surface area contributed by atoms with Crippen molar-refractivity contribution in [3.05, 3.63) is 23.3 Å². The fourth-order valence-electron chi connectivity index (χ4n) is 4.86. The van der Waals surface area contributed by atoms with Gasteiger partial charge < -0.3 is 14.6 Å². The lowest BCUT2D eigenvalue weighted by atomic mass is 9.59. The van der Waals surface area contributed by atoms with Crippen molar-refractivity contribution in [2.75, 3.05) is 0 Å². The summed E-state index contributed by atoms with van der Waals surface area (Å²) in [5.74, 6) is 1.43. The molecule has 2 fully saturated rings. The van der Waals surface area contributed by atoms with Crippen LogP contribution in [0, 0.1) is 18.3 Å². The van der Waals surface area contributed by atoms with Gasteiger partial charge in [-0.2, -0.15) is 0 Å². The van der Waals surface area contributed by atoms with Gasteiger partial charge in [-0.25, -0.2) is 0 Å². The summed E-state index contributed by atoms with van der Waals surface area (Å²) in [6.45, 7) is 8.74. The van der Waals surface area contributed by atoms with Crippen LogP contribution in [0.5, 0.6) is 11.5 Å². The molecular formula is C17H22O3. The molecule has 4 unspecified atom stereocenters. The minimum atomic E-state index is -0.186. The molecule has 3 heteroatoms. The fraction of sp³-hybridized carbons (Fsp3) is 0.647. The van der Waals surface area contributed by atoms with E-state index < -0.39 is 0 Å². The first-order valence-electron chi connectivity index (χ1n) is 7.51. The Kier molecular flexibility index (Phi) is 2.19. The summed E-state index contributed by atoms with van der Waals surface area (Å²) in [6, 6.07) is 3.84. The predicted molar refractivity (Wildman–Crippen MR) is 76.0 cm³/mol. The number of aromatic hydroxyl groups is 1. The van der Waals surface area contributed by atoms with Crippen molar-refractivity contribution in [1.29, 1.82) is 0 Å². The summed E-state index contributed by atoms with van der Waals surface area (Å²) in [7, 11) is 0. The summed E-state index contributed by atoms with van der Waals surface area (Å²) in [5.41, 5.74) is 1.78. The monoisotopic (exact) mass is 274 g/mol. The van der Waals surface area contributed by atoms with E-state index >= 15 is 0 Å². The molecule has 1 saturated heterocycles. The number of rotatable bonds is 0. The van der Waals surface area contributed by atoms with Gasteiger partial charge in [0.25, 0.3) is 0 Å². The smallest absolute Gasteiger partial charge is 0.129 e. The molecule has 1 N–H and O–H groups in total. The lowest BCUT2D eigenvalue weighted by Gasteiger charge is -2.50. The molecule has 3 nitrogen and oxygen atoms in total. The van der Waals surface area contributed by atoms with E-state index in [1.54, 1.807) is 0 Å². The molecule has 0 spiro atoms. The molecule has 108 valence electrons. The van der Waals surface area contributed by atoms with Crippen molar-refractivity contribution < 1.29 is 14.6 Å². The minimum Gasteiger partial charge on any atom is -0.507 e. The van der Waals surface area contributed by atoms with E-state index in [-0.39, 0.29) is 23.2 Å². The van der Waals surface area contributed by atoms with Crippen LogP contribution in [0.2, 0.25) is 0 Å². The van der Waals surface area contributed by atoms with Gasteiger partial charge in [0.2, 0.25) is 0 Å². The zero-order valence-corrected chi connectivity index (χ0v) is 12.6. The Labute approximate surface area is 119 Å². The molecule has 1 aromatic rings. The second-order valence-corrected chi connectivity index (χ2v) is 7.49. The van der Waals surface area contributed by atoms with Crippen LogP contribution < -0.4 is 4.74 Å². The Bertz CT molecular complexity index is 592. The van der Waals surface area contributed by atoms with Gasteiger partial charge in [0.1, 0.15) is 17.1 Å². The summed E-state index contributed by atoms with van der Waals surface area (Å²) < 4.78 is 12.7. The van der Waals surface area contributed by atoms with Gasteiger partial charge in [-0.05, 0) is 44.4 Å². The Hall–Kier alpha value is -1.22. The van der Waals surface area contributed by atoms with Crippen LogP contribution >= 0.6 is 0 Å². The largest absolute Gasteiger partial charge is 0.507 e. The van der Waals surface area contributed by atoms with Crippen LogP contribution in [0.3, 0.4) is 0 Å². The van der Waals surface area contributed by atoms with E-state index in [4.69, 9.17) is 9.47 Å². The van der Waals surface area contributed by atoms with Gasteiger partial charge >= 0.3 is 0 Å². The number of hydrogen-bond donors (Lipinski definition) is 1. The number of benzene rings is 1. The fourth-order valence-corrected chi connectivity index (χ4v) is 4.86. The number of hydrogen-bond acceptors (Lipinski definition) is 3. The van der Waals surface area contributed by atoms with Crippen LogP contribution in [-0.2, 0) is 4.74 Å². The molecule has 2 aliphatic heterocycles. The molecule has 1 saturated carbocycles. The molecule has 0 amide bonds. The first-order valence-corrected chi connectivity index (χ1v) is 7.51. The third kappa shape index (κ3) is 1.34. The summed E-state index contributed by atoms with van der Waals surface area (Å²) in [4.78, 5) is 0. The van der Waals surface area contributed by atoms with Crippen molar-refractivity contribution >= 4 is 0 Å². The average Bonchev–Trinajstić information content (AvgIpc) is 2.50. The zero-order chi connectivity index (χ0) is 14.3. The van der Waals surface area contributed by atoms with Crippen LogP contribution in [0.15, 0.2) is 12.1 Å². The SMILES string of the molecule is Cc1cc(O)c2c(c1)OC1(C)CCC3OC2C1C3(C)C. The molecule has 0 aromatic heterocycles. The van der Waals surface area contributed by atoms with E-state index in [1.165, 1.54) is 0 Å². The number of fused-ring (bicyclic) bond motifs is 3. The molecule has 2 heterocycles. The lowest BCUT2D eigenvalue weighted by Crippen LogP contribution is -2.54. The van der Waals surface area contributed by atoms with Crippen molar-refractivity contribution in [2.24, 2.45) is 11.3 Å². The number of aryl methyl sites for hydroxylation is 1. The Morgan fingerprint density at radius 3 is 2.75 bits per heavy atom. The number of ether oxygens (including phenoxy) is 2. The first-order chi connectivity index (χ1) is 9.33. The van der Waals surface area contributed by atoms with E-state index in [9.17, 15) is 5.11 Å². The molecule has 0 radical (unpaired) electrons. The zero-order valence-electron chi connectivity index (χ0n) is 12.6. The van der Waals surface area contributed by atoms with Gasteiger partial charge in [0.15, 0.2) is 0 Å². The molecule has 4 rings (SSSR count). The quantitative estimate of drug-likeness (QED) is 0.783. The topological polar surface area (TPSA) is 38.7 Å². The van der Waals surface area contributed by atoms with Crippen LogP contribution in [-0.4, -0.2) is 16.8 Å². The Morgan fingerprint density at radius 1 is 1.25 bits per heavy atom. The molecular weight excluding hydrogens is 252 g/mol. The van der Waals surface area contributed by atoms with Gasteiger partial charge in [-0.15, -0.1) is 0 Å². The van der Waals surface area contributed by atoms with Gasteiger partial charge in [0, 0.05) is 11.3 Å². The highest BCUT2D eigenvalue weighted by atomic mass is 16.5. The van der Waals surface area contributed by atoms with Gasteiger partial charge in [-0.3, -0.25) is 0 Å². The van der Waals surface area contributed by atoms with Crippen molar-refractivity contribution in [1.82, 2.24) is 0 Å². The van der Waals surface area contributed by atoms with Crippen molar-refractivity contribution in [3.63, 3.8) is 0 Å². The normalized spacial score (nSPS) is 40.1. The molecule has 3 aliphatic rings. The molecule has 1 aliphatic carbocycles. The van der Waals surface area contributed by atoms with E-state index in [2.05, 4.69) is 20.8 Å². The highest BCUT2D eigenvalue weighted by Gasteiger charge is 2.65. The first kappa shape index (κ1) is 12.5. The second kappa shape index (κ2) is 3.51. The van der Waals surface area contributed by atoms with Crippen molar-refractivity contribution in [3.8, 4) is 11.5 Å².